The van der Waals surface area contributed by atoms with Crippen LogP contribution in [-0.2, 0) is 11.3 Å². The van der Waals surface area contributed by atoms with Crippen LogP contribution in [0, 0.1) is 0 Å². The second-order valence-corrected chi connectivity index (χ2v) is 6.44. The van der Waals surface area contributed by atoms with E-state index in [1.165, 1.54) is 6.20 Å². The van der Waals surface area contributed by atoms with Crippen molar-refractivity contribution in [1.29, 1.82) is 0 Å². The van der Waals surface area contributed by atoms with Crippen molar-refractivity contribution >= 4 is 23.5 Å². The number of aromatic carboxylic acids is 1. The number of carboxylic acids is 1. The molecule has 1 aromatic carbocycles. The molecule has 0 fully saturated rings. The number of amides is 2. The van der Waals surface area contributed by atoms with Crippen LogP contribution in [0.1, 0.15) is 41.6 Å². The maximum Gasteiger partial charge on any atom is 0.358 e. The number of carbonyl (C=O) groups excluding carboxylic acids is 2. The highest BCUT2D eigenvalue weighted by molar-refractivity contribution is 5.96. The fourth-order valence-electron chi connectivity index (χ4n) is 1.94. The average molecular weight is 345 g/mol. The molecule has 0 saturated heterocycles. The fourth-order valence-corrected chi connectivity index (χ4v) is 1.94. The van der Waals surface area contributed by atoms with Gasteiger partial charge in [-0.25, -0.2) is 9.48 Å². The van der Waals surface area contributed by atoms with Crippen molar-refractivity contribution in [2.75, 3.05) is 5.32 Å². The van der Waals surface area contributed by atoms with Gasteiger partial charge >= 0.3 is 5.97 Å². The van der Waals surface area contributed by atoms with Crippen LogP contribution in [-0.4, -0.2) is 43.4 Å². The number of hydrogen-bond donors (Lipinski definition) is 3. The van der Waals surface area contributed by atoms with Gasteiger partial charge in [-0.2, -0.15) is 0 Å². The Kier molecular flexibility index (Phi) is 5.16. The van der Waals surface area contributed by atoms with Crippen molar-refractivity contribution in [2.24, 2.45) is 0 Å². The van der Waals surface area contributed by atoms with Crippen LogP contribution < -0.4 is 10.6 Å². The van der Waals surface area contributed by atoms with Gasteiger partial charge in [0.15, 0.2) is 5.69 Å². The third-order valence-electron chi connectivity index (χ3n) is 2.98. The first-order valence-corrected chi connectivity index (χ1v) is 7.50. The molecule has 2 rings (SSSR count). The molecule has 1 aromatic heterocycles. The summed E-state index contributed by atoms with van der Waals surface area (Å²) >= 11 is 0. The first kappa shape index (κ1) is 18.1. The van der Waals surface area contributed by atoms with Gasteiger partial charge in [0.1, 0.15) is 6.54 Å². The molecule has 132 valence electrons. The van der Waals surface area contributed by atoms with E-state index in [0.29, 0.717) is 11.3 Å². The minimum Gasteiger partial charge on any atom is -0.476 e. The standard InChI is InChI=1S/C16H19N5O4/c1-16(2,3)18-14(23)10-4-6-11(7-5-10)17-13(22)9-21-8-12(15(24)25)19-20-21/h4-8H,9H2,1-3H3,(H,17,22)(H,18,23)(H,24,25). The lowest BCUT2D eigenvalue weighted by atomic mass is 10.1. The predicted octanol–water partition coefficient (Wildman–Crippen LogP) is 1.14. The lowest BCUT2D eigenvalue weighted by Gasteiger charge is -2.20. The Morgan fingerprint density at radius 3 is 2.32 bits per heavy atom. The maximum atomic E-state index is 12.0. The van der Waals surface area contributed by atoms with Gasteiger partial charge in [-0.1, -0.05) is 5.21 Å². The molecule has 2 amide bonds. The summed E-state index contributed by atoms with van der Waals surface area (Å²) in [4.78, 5) is 34.7. The monoisotopic (exact) mass is 345 g/mol. The number of rotatable bonds is 5. The van der Waals surface area contributed by atoms with Gasteiger partial charge in [0.2, 0.25) is 5.91 Å². The fraction of sp³-hybridized carbons (Fsp3) is 0.312. The predicted molar refractivity (Wildman–Crippen MR) is 89.3 cm³/mol. The molecule has 0 aliphatic carbocycles. The van der Waals surface area contributed by atoms with Crippen molar-refractivity contribution < 1.29 is 19.5 Å². The van der Waals surface area contributed by atoms with E-state index in [9.17, 15) is 14.4 Å². The number of anilines is 1. The SMILES string of the molecule is CC(C)(C)NC(=O)c1ccc(NC(=O)Cn2cc(C(=O)O)nn2)cc1. The van der Waals surface area contributed by atoms with Crippen LogP contribution >= 0.6 is 0 Å². The molecule has 0 unspecified atom stereocenters. The van der Waals surface area contributed by atoms with E-state index in [4.69, 9.17) is 5.11 Å². The number of carboxylic acid groups (broad SMARTS) is 1. The molecule has 25 heavy (non-hydrogen) atoms. The third kappa shape index (κ3) is 5.41. The zero-order chi connectivity index (χ0) is 18.6. The van der Waals surface area contributed by atoms with Gasteiger partial charge < -0.3 is 15.7 Å². The Hall–Kier alpha value is -3.23. The Labute approximate surface area is 144 Å². The molecular formula is C16H19N5O4. The minimum absolute atomic E-state index is 0.174. The maximum absolute atomic E-state index is 12.0. The van der Waals surface area contributed by atoms with Crippen LogP contribution in [0.5, 0.6) is 0 Å². The van der Waals surface area contributed by atoms with E-state index < -0.39 is 11.9 Å². The highest BCUT2D eigenvalue weighted by Crippen LogP contribution is 2.11. The smallest absolute Gasteiger partial charge is 0.358 e. The van der Waals surface area contributed by atoms with E-state index in [-0.39, 0.29) is 23.7 Å². The Balaban J connectivity index is 1.94. The molecule has 2 aromatic rings. The topological polar surface area (TPSA) is 126 Å². The number of nitrogens with one attached hydrogen (secondary N) is 2. The molecule has 0 atom stereocenters. The summed E-state index contributed by atoms with van der Waals surface area (Å²) < 4.78 is 1.13. The summed E-state index contributed by atoms with van der Waals surface area (Å²) in [6, 6.07) is 6.43. The number of carbonyl (C=O) groups is 3. The molecule has 0 aliphatic heterocycles. The summed E-state index contributed by atoms with van der Waals surface area (Å²) in [6.45, 7) is 5.49. The van der Waals surface area contributed by atoms with Crippen molar-refractivity contribution in [2.45, 2.75) is 32.9 Å². The highest BCUT2D eigenvalue weighted by atomic mass is 16.4. The Morgan fingerprint density at radius 2 is 1.80 bits per heavy atom. The lowest BCUT2D eigenvalue weighted by Crippen LogP contribution is -2.40. The van der Waals surface area contributed by atoms with Gasteiger partial charge in [0, 0.05) is 16.8 Å². The Morgan fingerprint density at radius 1 is 1.16 bits per heavy atom. The van der Waals surface area contributed by atoms with Crippen LogP contribution in [0.4, 0.5) is 5.69 Å². The number of benzene rings is 1. The lowest BCUT2D eigenvalue weighted by molar-refractivity contribution is -0.116. The van der Waals surface area contributed by atoms with Crippen molar-refractivity contribution in [1.82, 2.24) is 20.3 Å². The van der Waals surface area contributed by atoms with Crippen molar-refractivity contribution in [3.05, 3.63) is 41.7 Å². The molecule has 1 heterocycles. The minimum atomic E-state index is -1.21. The summed E-state index contributed by atoms with van der Waals surface area (Å²) in [5.74, 6) is -1.81. The molecule has 0 spiro atoms. The van der Waals surface area contributed by atoms with E-state index in [1.807, 2.05) is 20.8 Å². The molecule has 3 N–H and O–H groups in total. The van der Waals surface area contributed by atoms with Crippen molar-refractivity contribution in [3.8, 4) is 0 Å². The van der Waals surface area contributed by atoms with E-state index in [2.05, 4.69) is 20.9 Å². The van der Waals surface area contributed by atoms with Gasteiger partial charge in [-0.15, -0.1) is 5.10 Å². The van der Waals surface area contributed by atoms with Gasteiger partial charge in [-0.05, 0) is 45.0 Å². The normalized spacial score (nSPS) is 11.0. The van der Waals surface area contributed by atoms with E-state index in [0.717, 1.165) is 4.68 Å². The summed E-state index contributed by atoms with van der Waals surface area (Å²) in [5, 5.41) is 21.2. The van der Waals surface area contributed by atoms with Gasteiger partial charge in [-0.3, -0.25) is 9.59 Å². The highest BCUT2D eigenvalue weighted by Gasteiger charge is 2.15. The van der Waals surface area contributed by atoms with Crippen LogP contribution in [0.15, 0.2) is 30.5 Å². The zero-order valence-electron chi connectivity index (χ0n) is 14.1. The first-order valence-electron chi connectivity index (χ1n) is 7.50. The summed E-state index contributed by atoms with van der Waals surface area (Å²) in [5.41, 5.74) is 0.421. The number of aromatic nitrogens is 3. The zero-order valence-corrected chi connectivity index (χ0v) is 14.1. The first-order chi connectivity index (χ1) is 11.6. The number of hydrogen-bond acceptors (Lipinski definition) is 5. The van der Waals surface area contributed by atoms with Gasteiger partial charge in [0.25, 0.3) is 5.91 Å². The third-order valence-corrected chi connectivity index (χ3v) is 2.98. The van der Waals surface area contributed by atoms with Crippen LogP contribution in [0.2, 0.25) is 0 Å². The van der Waals surface area contributed by atoms with E-state index >= 15 is 0 Å². The molecule has 9 nitrogen and oxygen atoms in total. The van der Waals surface area contributed by atoms with E-state index in [1.54, 1.807) is 24.3 Å². The summed E-state index contributed by atoms with van der Waals surface area (Å²) in [6.07, 6.45) is 1.17. The molecule has 0 radical (unpaired) electrons. The largest absolute Gasteiger partial charge is 0.476 e. The van der Waals surface area contributed by atoms with Crippen molar-refractivity contribution in [3.63, 3.8) is 0 Å². The second-order valence-electron chi connectivity index (χ2n) is 6.44. The summed E-state index contributed by atoms with van der Waals surface area (Å²) in [7, 11) is 0. The Bertz CT molecular complexity index is 790. The molecular weight excluding hydrogens is 326 g/mol. The van der Waals surface area contributed by atoms with Crippen LogP contribution in [0.3, 0.4) is 0 Å². The molecule has 0 saturated carbocycles. The number of nitrogens with zero attached hydrogens (tertiary/aromatic N) is 3. The molecule has 9 heteroatoms. The van der Waals surface area contributed by atoms with Gasteiger partial charge in [0.05, 0.1) is 6.20 Å². The quantitative estimate of drug-likeness (QED) is 0.746. The average Bonchev–Trinajstić information content (AvgIpc) is 2.94. The van der Waals surface area contributed by atoms with Crippen LogP contribution in [0.25, 0.3) is 0 Å². The molecule has 0 bridgehead atoms. The second kappa shape index (κ2) is 7.12. The molecule has 0 aliphatic rings.